The van der Waals surface area contributed by atoms with E-state index in [4.69, 9.17) is 18.9 Å². The van der Waals surface area contributed by atoms with Crippen LogP contribution in [0, 0.1) is 0 Å². The van der Waals surface area contributed by atoms with E-state index in [1.54, 1.807) is 31.0 Å². The van der Waals surface area contributed by atoms with Crippen LogP contribution in [0.5, 0.6) is 23.0 Å². The molecule has 0 spiro atoms. The van der Waals surface area contributed by atoms with Gasteiger partial charge < -0.3 is 24.3 Å². The second-order valence-corrected chi connectivity index (χ2v) is 10.5. The number of carbonyl (C=O) groups excluding carboxylic acids is 1. The summed E-state index contributed by atoms with van der Waals surface area (Å²) in [5.41, 5.74) is 2.31. The molecule has 0 unspecified atom stereocenters. The number of nitrogens with zero attached hydrogens (tertiary/aromatic N) is 3. The highest BCUT2D eigenvalue weighted by Gasteiger charge is 2.21. The van der Waals surface area contributed by atoms with E-state index >= 15 is 0 Å². The molecule has 0 fully saturated rings. The van der Waals surface area contributed by atoms with Crippen LogP contribution in [0.25, 0.3) is 5.69 Å². The number of rotatable bonds is 14. The number of para-hydroxylation sites is 2. The molecule has 0 aliphatic carbocycles. The number of amides is 1. The van der Waals surface area contributed by atoms with Gasteiger partial charge in [-0.25, -0.2) is 0 Å². The van der Waals surface area contributed by atoms with E-state index in [-0.39, 0.29) is 12.5 Å². The Bertz CT molecular complexity index is 1430. The van der Waals surface area contributed by atoms with Gasteiger partial charge in [0.1, 0.15) is 5.75 Å². The van der Waals surface area contributed by atoms with Gasteiger partial charge in [-0.3, -0.25) is 9.36 Å². The number of hydrogen-bond acceptors (Lipinski definition) is 8. The highest BCUT2D eigenvalue weighted by Crippen LogP contribution is 2.39. The quantitative estimate of drug-likeness (QED) is 0.157. The van der Waals surface area contributed by atoms with Crippen molar-refractivity contribution in [2.24, 2.45) is 0 Å². The fourth-order valence-electron chi connectivity index (χ4n) is 4.07. The highest BCUT2D eigenvalue weighted by atomic mass is 79.9. The van der Waals surface area contributed by atoms with Gasteiger partial charge in [-0.1, -0.05) is 52.0 Å². The lowest BCUT2D eigenvalue weighted by atomic mass is 10.1. The Kier molecular flexibility index (Phi) is 10.9. The summed E-state index contributed by atoms with van der Waals surface area (Å²) in [6.07, 6.45) is 0. The normalized spacial score (nSPS) is 10.8. The number of carbonyl (C=O) groups is 1. The predicted octanol–water partition coefficient (Wildman–Crippen LogP) is 6.46. The molecule has 1 amide bonds. The van der Waals surface area contributed by atoms with E-state index in [2.05, 4.69) is 43.6 Å². The van der Waals surface area contributed by atoms with Gasteiger partial charge in [-0.2, -0.15) is 0 Å². The Morgan fingerprint density at radius 1 is 0.902 bits per heavy atom. The Balaban J connectivity index is 1.62. The summed E-state index contributed by atoms with van der Waals surface area (Å²) in [5.74, 6) is 2.99. The van der Waals surface area contributed by atoms with E-state index in [1.165, 1.54) is 0 Å². The van der Waals surface area contributed by atoms with Crippen molar-refractivity contribution >= 4 is 33.6 Å². The molecule has 4 rings (SSSR count). The van der Waals surface area contributed by atoms with Gasteiger partial charge in [0.25, 0.3) is 5.91 Å². The maximum Gasteiger partial charge on any atom is 0.251 e. The van der Waals surface area contributed by atoms with Crippen LogP contribution in [0.1, 0.15) is 42.5 Å². The summed E-state index contributed by atoms with van der Waals surface area (Å²) in [4.78, 5) is 13.4. The van der Waals surface area contributed by atoms with E-state index in [1.807, 2.05) is 61.7 Å². The number of methoxy groups -OCH3 is 1. The van der Waals surface area contributed by atoms with Crippen molar-refractivity contribution in [3.05, 3.63) is 82.1 Å². The first-order valence-electron chi connectivity index (χ1n) is 13.3. The van der Waals surface area contributed by atoms with Crippen LogP contribution < -0.4 is 24.3 Å². The second-order valence-electron chi connectivity index (χ2n) is 8.60. The Morgan fingerprint density at radius 3 is 2.20 bits per heavy atom. The average molecular weight is 642 g/mol. The largest absolute Gasteiger partial charge is 0.495 e. The van der Waals surface area contributed by atoms with E-state index in [0.717, 1.165) is 15.7 Å². The Labute approximate surface area is 252 Å². The van der Waals surface area contributed by atoms with Crippen LogP contribution in [-0.2, 0) is 12.3 Å². The monoisotopic (exact) mass is 640 g/mol. The number of aromatic nitrogens is 3. The zero-order valence-electron chi connectivity index (χ0n) is 23.5. The first-order valence-corrected chi connectivity index (χ1v) is 15.1. The molecule has 3 aromatic carbocycles. The molecule has 0 radical (unpaired) electrons. The Morgan fingerprint density at radius 2 is 1.56 bits per heavy atom. The number of nitrogens with one attached hydrogen (secondary N) is 1. The Hall–Kier alpha value is -3.70. The maximum absolute atomic E-state index is 13.4. The predicted molar refractivity (Wildman–Crippen MR) is 163 cm³/mol. The molecule has 9 nitrogen and oxygen atoms in total. The van der Waals surface area contributed by atoms with Gasteiger partial charge in [0.15, 0.2) is 22.5 Å². The minimum absolute atomic E-state index is 0.129. The summed E-state index contributed by atoms with van der Waals surface area (Å²) < 4.78 is 25.9. The maximum atomic E-state index is 13.4. The van der Waals surface area contributed by atoms with Gasteiger partial charge in [0.05, 0.1) is 39.2 Å². The minimum atomic E-state index is -0.311. The van der Waals surface area contributed by atoms with Crippen LogP contribution in [0.2, 0.25) is 0 Å². The highest BCUT2D eigenvalue weighted by molar-refractivity contribution is 9.10. The van der Waals surface area contributed by atoms with Crippen molar-refractivity contribution in [3.8, 4) is 28.7 Å². The molecule has 0 aliphatic rings. The smallest absolute Gasteiger partial charge is 0.251 e. The molecule has 1 heterocycles. The zero-order valence-corrected chi connectivity index (χ0v) is 25.9. The molecule has 1 N–H and O–H groups in total. The van der Waals surface area contributed by atoms with Gasteiger partial charge in [0.2, 0.25) is 5.75 Å². The molecule has 0 saturated heterocycles. The van der Waals surface area contributed by atoms with Crippen LogP contribution >= 0.6 is 27.7 Å². The van der Waals surface area contributed by atoms with Gasteiger partial charge in [0, 0.05) is 15.8 Å². The average Bonchev–Trinajstić information content (AvgIpc) is 3.39. The number of ether oxygens (including phenoxy) is 4. The van der Waals surface area contributed by atoms with E-state index < -0.39 is 0 Å². The van der Waals surface area contributed by atoms with Crippen LogP contribution in [0.3, 0.4) is 0 Å². The van der Waals surface area contributed by atoms with Gasteiger partial charge >= 0.3 is 0 Å². The molecule has 0 bridgehead atoms. The van der Waals surface area contributed by atoms with Crippen LogP contribution in [0.15, 0.2) is 70.3 Å². The van der Waals surface area contributed by atoms with Crippen LogP contribution in [-0.4, -0.2) is 47.6 Å². The lowest BCUT2D eigenvalue weighted by molar-refractivity contribution is 0.0948. The number of thioether (sulfide) groups is 1. The molecular weight excluding hydrogens is 608 g/mol. The minimum Gasteiger partial charge on any atom is -0.495 e. The van der Waals surface area contributed by atoms with Gasteiger partial charge in [-0.15, -0.1) is 10.2 Å². The molecule has 0 atom stereocenters. The topological polar surface area (TPSA) is 96.7 Å². The third-order valence-corrected chi connectivity index (χ3v) is 7.41. The first kappa shape index (κ1) is 30.3. The molecule has 41 heavy (non-hydrogen) atoms. The first-order chi connectivity index (χ1) is 20.0. The lowest BCUT2D eigenvalue weighted by Gasteiger charge is -2.17. The number of hydrogen-bond donors (Lipinski definition) is 1. The van der Waals surface area contributed by atoms with E-state index in [9.17, 15) is 4.79 Å². The summed E-state index contributed by atoms with van der Waals surface area (Å²) >= 11 is 5.03. The molecule has 0 aliphatic heterocycles. The van der Waals surface area contributed by atoms with Crippen molar-refractivity contribution in [3.63, 3.8) is 0 Å². The number of benzene rings is 3. The number of halogens is 1. The fourth-order valence-corrected chi connectivity index (χ4v) is 5.26. The standard InChI is InChI=1S/C30H33BrN4O5S/c1-5-38-25-16-21(17-26(39-6-2)28(25)40-7-3)29(36)32-18-27-33-34-30(41-19-20-12-14-22(31)15-13-20)35(27)23-10-8-9-11-24(23)37-4/h8-17H,5-7,18-19H2,1-4H3,(H,32,36). The lowest BCUT2D eigenvalue weighted by Crippen LogP contribution is -2.25. The third kappa shape index (κ3) is 7.53. The van der Waals surface area contributed by atoms with Crippen molar-refractivity contribution in [1.29, 1.82) is 0 Å². The third-order valence-electron chi connectivity index (χ3n) is 5.89. The summed E-state index contributed by atoms with van der Waals surface area (Å²) in [6, 6.07) is 19.1. The molecule has 0 saturated carbocycles. The van der Waals surface area contributed by atoms with E-state index in [0.29, 0.717) is 65.1 Å². The molecule has 4 aromatic rings. The fraction of sp³-hybridized carbons (Fsp3) is 0.300. The molecule has 1 aromatic heterocycles. The summed E-state index contributed by atoms with van der Waals surface area (Å²) in [6.45, 7) is 7.03. The molecular formula is C30H33BrN4O5S. The summed E-state index contributed by atoms with van der Waals surface area (Å²) in [5, 5.41) is 12.6. The molecule has 216 valence electrons. The van der Waals surface area contributed by atoms with Crippen molar-refractivity contribution in [2.45, 2.75) is 38.2 Å². The van der Waals surface area contributed by atoms with Crippen molar-refractivity contribution < 1.29 is 23.7 Å². The van der Waals surface area contributed by atoms with Gasteiger partial charge in [-0.05, 0) is 62.7 Å². The molecule has 11 heteroatoms. The second kappa shape index (κ2) is 14.8. The summed E-state index contributed by atoms with van der Waals surface area (Å²) in [7, 11) is 1.62. The van der Waals surface area contributed by atoms with Crippen molar-refractivity contribution in [2.75, 3.05) is 26.9 Å². The SMILES string of the molecule is CCOc1cc(C(=O)NCc2nnc(SCc3ccc(Br)cc3)n2-c2ccccc2OC)cc(OCC)c1OCC. The van der Waals surface area contributed by atoms with Crippen LogP contribution in [0.4, 0.5) is 0 Å². The zero-order chi connectivity index (χ0) is 29.2. The van der Waals surface area contributed by atoms with Crippen molar-refractivity contribution in [1.82, 2.24) is 20.1 Å².